The van der Waals surface area contributed by atoms with Gasteiger partial charge in [0.25, 0.3) is 0 Å². The van der Waals surface area contributed by atoms with Crippen molar-refractivity contribution < 1.29 is 4.74 Å². The Bertz CT molecular complexity index is 291. The summed E-state index contributed by atoms with van der Waals surface area (Å²) in [6.45, 7) is 12.2. The predicted octanol–water partition coefficient (Wildman–Crippen LogP) is 2.72. The lowest BCUT2D eigenvalue weighted by molar-refractivity contribution is -0.114. The Morgan fingerprint density at radius 1 is 1.47 bits per heavy atom. The van der Waals surface area contributed by atoms with Crippen LogP contribution in [0.1, 0.15) is 47.5 Å². The van der Waals surface area contributed by atoms with Crippen LogP contribution in [0.2, 0.25) is 0 Å². The number of nitriles is 1. The Balaban J connectivity index is 2.30. The minimum atomic E-state index is -0.222. The summed E-state index contributed by atoms with van der Waals surface area (Å²) in [4.78, 5) is 0. The molecule has 0 amide bonds. The number of rotatable bonds is 6. The van der Waals surface area contributed by atoms with Gasteiger partial charge in [-0.1, -0.05) is 13.8 Å². The third kappa shape index (κ3) is 3.43. The van der Waals surface area contributed by atoms with Gasteiger partial charge in [-0.2, -0.15) is 5.26 Å². The average molecular weight is 238 g/mol. The van der Waals surface area contributed by atoms with E-state index in [1.807, 2.05) is 20.8 Å². The number of nitrogens with zero attached hydrogens (tertiary/aromatic N) is 1. The summed E-state index contributed by atoms with van der Waals surface area (Å²) in [7, 11) is 0. The minimum Gasteiger partial charge on any atom is -0.378 e. The monoisotopic (exact) mass is 238 g/mol. The molecule has 2 unspecified atom stereocenters. The SMILES string of the molecule is CCOC1CC(NCCC(C)(C)C#N)C1(C)C. The molecule has 0 aromatic heterocycles. The van der Waals surface area contributed by atoms with Gasteiger partial charge in [-0.25, -0.2) is 0 Å². The van der Waals surface area contributed by atoms with Gasteiger partial charge >= 0.3 is 0 Å². The van der Waals surface area contributed by atoms with E-state index in [1.54, 1.807) is 0 Å². The number of hydrogen-bond donors (Lipinski definition) is 1. The first-order chi connectivity index (χ1) is 7.83. The third-order valence-electron chi connectivity index (χ3n) is 3.99. The molecule has 1 aliphatic carbocycles. The van der Waals surface area contributed by atoms with E-state index in [-0.39, 0.29) is 10.8 Å². The van der Waals surface area contributed by atoms with Crippen molar-refractivity contribution in [2.45, 2.75) is 59.6 Å². The van der Waals surface area contributed by atoms with Gasteiger partial charge in [0.1, 0.15) is 0 Å². The van der Waals surface area contributed by atoms with Crippen molar-refractivity contribution in [2.24, 2.45) is 10.8 Å². The predicted molar refractivity (Wildman–Crippen MR) is 69.6 cm³/mol. The highest BCUT2D eigenvalue weighted by Crippen LogP contribution is 2.42. The highest BCUT2D eigenvalue weighted by Gasteiger charge is 2.48. The molecule has 2 atom stereocenters. The van der Waals surface area contributed by atoms with E-state index >= 15 is 0 Å². The van der Waals surface area contributed by atoms with Crippen molar-refractivity contribution in [3.05, 3.63) is 0 Å². The van der Waals surface area contributed by atoms with Crippen molar-refractivity contribution in [1.82, 2.24) is 5.32 Å². The molecule has 3 nitrogen and oxygen atoms in total. The van der Waals surface area contributed by atoms with Crippen LogP contribution in [-0.4, -0.2) is 25.3 Å². The van der Waals surface area contributed by atoms with Crippen LogP contribution in [0.25, 0.3) is 0 Å². The number of nitrogens with one attached hydrogen (secondary N) is 1. The summed E-state index contributed by atoms with van der Waals surface area (Å²) in [6.07, 6.45) is 2.37. The van der Waals surface area contributed by atoms with Crippen LogP contribution in [0, 0.1) is 22.2 Å². The second kappa shape index (κ2) is 5.37. The molecule has 0 heterocycles. The average Bonchev–Trinajstić information content (AvgIpc) is 2.27. The van der Waals surface area contributed by atoms with Crippen molar-refractivity contribution in [3.63, 3.8) is 0 Å². The molecule has 98 valence electrons. The molecule has 0 saturated heterocycles. The summed E-state index contributed by atoms with van der Waals surface area (Å²) in [5.41, 5.74) is -0.00694. The summed E-state index contributed by atoms with van der Waals surface area (Å²) in [5.74, 6) is 0. The van der Waals surface area contributed by atoms with Crippen LogP contribution in [0.3, 0.4) is 0 Å². The Morgan fingerprint density at radius 3 is 2.59 bits per heavy atom. The van der Waals surface area contributed by atoms with Crippen LogP contribution in [0.4, 0.5) is 0 Å². The fraction of sp³-hybridized carbons (Fsp3) is 0.929. The quantitative estimate of drug-likeness (QED) is 0.774. The first-order valence-electron chi connectivity index (χ1n) is 6.59. The second-order valence-electron chi connectivity index (χ2n) is 6.25. The van der Waals surface area contributed by atoms with Gasteiger partial charge in [-0.3, -0.25) is 0 Å². The normalized spacial score (nSPS) is 27.3. The largest absolute Gasteiger partial charge is 0.378 e. The minimum absolute atomic E-state index is 0.215. The molecule has 1 saturated carbocycles. The maximum atomic E-state index is 8.95. The van der Waals surface area contributed by atoms with E-state index in [9.17, 15) is 0 Å². The zero-order valence-electron chi connectivity index (χ0n) is 11.8. The molecule has 17 heavy (non-hydrogen) atoms. The molecule has 0 aliphatic heterocycles. The van der Waals surface area contributed by atoms with Gasteiger partial charge in [0.05, 0.1) is 17.6 Å². The molecule has 0 radical (unpaired) electrons. The molecule has 1 rings (SSSR count). The molecule has 3 heteroatoms. The van der Waals surface area contributed by atoms with E-state index in [2.05, 4.69) is 25.2 Å². The van der Waals surface area contributed by atoms with Crippen molar-refractivity contribution in [3.8, 4) is 6.07 Å². The van der Waals surface area contributed by atoms with E-state index < -0.39 is 0 Å². The van der Waals surface area contributed by atoms with E-state index in [0.717, 1.165) is 26.0 Å². The maximum absolute atomic E-state index is 8.95. The Hall–Kier alpha value is -0.590. The van der Waals surface area contributed by atoms with Gasteiger partial charge in [-0.15, -0.1) is 0 Å². The molecular formula is C14H26N2O. The molecule has 1 fully saturated rings. The number of hydrogen-bond acceptors (Lipinski definition) is 3. The Kier molecular flexibility index (Phi) is 4.57. The highest BCUT2D eigenvalue weighted by atomic mass is 16.5. The number of ether oxygens (including phenoxy) is 1. The Labute approximate surface area is 106 Å². The van der Waals surface area contributed by atoms with Gasteiger partial charge < -0.3 is 10.1 Å². The van der Waals surface area contributed by atoms with E-state index in [4.69, 9.17) is 10.00 Å². The second-order valence-corrected chi connectivity index (χ2v) is 6.25. The van der Waals surface area contributed by atoms with Gasteiger partial charge in [-0.05, 0) is 40.2 Å². The van der Waals surface area contributed by atoms with Gasteiger partial charge in [0, 0.05) is 18.1 Å². The van der Waals surface area contributed by atoms with Crippen molar-refractivity contribution in [1.29, 1.82) is 5.26 Å². The molecule has 1 N–H and O–H groups in total. The summed E-state index contributed by atoms with van der Waals surface area (Å²) >= 11 is 0. The smallest absolute Gasteiger partial charge is 0.0684 e. The van der Waals surface area contributed by atoms with Crippen LogP contribution in [0.5, 0.6) is 0 Å². The zero-order valence-corrected chi connectivity index (χ0v) is 11.8. The summed E-state index contributed by atoms with van der Waals surface area (Å²) in [5, 5.41) is 12.5. The topological polar surface area (TPSA) is 45.0 Å². The van der Waals surface area contributed by atoms with Gasteiger partial charge in [0.2, 0.25) is 0 Å². The lowest BCUT2D eigenvalue weighted by Gasteiger charge is -2.52. The van der Waals surface area contributed by atoms with E-state index in [1.165, 1.54) is 0 Å². The molecule has 0 aromatic rings. The van der Waals surface area contributed by atoms with E-state index in [0.29, 0.717) is 12.1 Å². The zero-order chi connectivity index (χ0) is 13.1. The molecule has 0 spiro atoms. The first-order valence-corrected chi connectivity index (χ1v) is 6.59. The van der Waals surface area contributed by atoms with Crippen LogP contribution >= 0.6 is 0 Å². The molecule has 0 aromatic carbocycles. The van der Waals surface area contributed by atoms with Gasteiger partial charge in [0.15, 0.2) is 0 Å². The molecule has 0 bridgehead atoms. The molecule has 1 aliphatic rings. The van der Waals surface area contributed by atoms with Crippen molar-refractivity contribution >= 4 is 0 Å². The van der Waals surface area contributed by atoms with Crippen LogP contribution in [-0.2, 0) is 4.74 Å². The van der Waals surface area contributed by atoms with Crippen molar-refractivity contribution in [2.75, 3.05) is 13.2 Å². The maximum Gasteiger partial charge on any atom is 0.0684 e. The highest BCUT2D eigenvalue weighted by molar-refractivity contribution is 5.03. The third-order valence-corrected chi connectivity index (χ3v) is 3.99. The van der Waals surface area contributed by atoms with Crippen LogP contribution < -0.4 is 5.32 Å². The fourth-order valence-corrected chi connectivity index (χ4v) is 2.33. The molecular weight excluding hydrogens is 212 g/mol. The fourth-order valence-electron chi connectivity index (χ4n) is 2.33. The Morgan fingerprint density at radius 2 is 2.12 bits per heavy atom. The summed E-state index contributed by atoms with van der Waals surface area (Å²) < 4.78 is 5.70. The van der Waals surface area contributed by atoms with Crippen LogP contribution in [0.15, 0.2) is 0 Å². The lowest BCUT2D eigenvalue weighted by atomic mass is 9.64. The standard InChI is InChI=1S/C14H26N2O/c1-6-17-12-9-11(14(12,4)5)16-8-7-13(2,3)10-15/h11-12,16H,6-9H2,1-5H3. The lowest BCUT2D eigenvalue weighted by Crippen LogP contribution is -2.61. The summed E-state index contributed by atoms with van der Waals surface area (Å²) in [6, 6.07) is 2.86. The first kappa shape index (κ1) is 14.5.